The minimum absolute atomic E-state index is 0.215. The quantitative estimate of drug-likeness (QED) is 0.731. The summed E-state index contributed by atoms with van der Waals surface area (Å²) in [5.41, 5.74) is 5.61. The Labute approximate surface area is 130 Å². The summed E-state index contributed by atoms with van der Waals surface area (Å²) >= 11 is 6.17. The van der Waals surface area contributed by atoms with Gasteiger partial charge in [0.2, 0.25) is 0 Å². The van der Waals surface area contributed by atoms with Crippen LogP contribution in [-0.2, 0) is 0 Å². The van der Waals surface area contributed by atoms with Crippen molar-refractivity contribution in [2.24, 2.45) is 0 Å². The van der Waals surface area contributed by atoms with Crippen LogP contribution in [0.5, 0.6) is 0 Å². The van der Waals surface area contributed by atoms with E-state index in [-0.39, 0.29) is 15.8 Å². The molecule has 104 valence electrons. The first-order valence-electron chi connectivity index (χ1n) is 5.39. The first kappa shape index (κ1) is 14.9. The second kappa shape index (κ2) is 5.88. The zero-order chi connectivity index (χ0) is 14.9. The Hall–Kier alpha value is -1.47. The van der Waals surface area contributed by atoms with E-state index >= 15 is 0 Å². The van der Waals surface area contributed by atoms with Gasteiger partial charge in [-0.3, -0.25) is 4.79 Å². The van der Waals surface area contributed by atoms with E-state index in [1.165, 1.54) is 6.07 Å². The van der Waals surface area contributed by atoms with Crippen LogP contribution in [0.1, 0.15) is 10.4 Å². The molecule has 0 unspecified atom stereocenters. The minimum Gasteiger partial charge on any atom is -0.397 e. The average molecular weight is 406 g/mol. The second-order valence-electron chi connectivity index (χ2n) is 3.93. The smallest absolute Gasteiger partial charge is 0.261 e. The largest absolute Gasteiger partial charge is 0.397 e. The van der Waals surface area contributed by atoms with Gasteiger partial charge in [0.25, 0.3) is 5.91 Å². The molecule has 7 heteroatoms. The first-order chi connectivity index (χ1) is 9.38. The lowest BCUT2D eigenvalue weighted by atomic mass is 10.1. The molecule has 2 rings (SSSR count). The van der Waals surface area contributed by atoms with Gasteiger partial charge in [0.15, 0.2) is 0 Å². The predicted octanol–water partition coefficient (Wildman–Crippen LogP) is 4.32. The lowest BCUT2D eigenvalue weighted by molar-refractivity contribution is 0.101. The Morgan fingerprint density at radius 1 is 1.05 bits per heavy atom. The van der Waals surface area contributed by atoms with Crippen LogP contribution < -0.4 is 11.1 Å². The molecule has 2 aromatic rings. The summed E-state index contributed by atoms with van der Waals surface area (Å²) in [4.78, 5) is 11.9. The maximum absolute atomic E-state index is 13.7. The highest BCUT2D eigenvalue weighted by molar-refractivity contribution is 9.10. The molecule has 0 bridgehead atoms. The number of nitrogen functional groups attached to an aromatic ring is 1. The summed E-state index contributed by atoms with van der Waals surface area (Å²) in [6.07, 6.45) is 0. The number of carbonyl (C=O) groups excluding carboxylic acids is 1. The van der Waals surface area contributed by atoms with E-state index in [1.54, 1.807) is 12.1 Å². The van der Waals surface area contributed by atoms with Gasteiger partial charge >= 0.3 is 0 Å². The van der Waals surface area contributed by atoms with Crippen molar-refractivity contribution in [3.63, 3.8) is 0 Å². The Kier molecular flexibility index (Phi) is 4.39. The Morgan fingerprint density at radius 2 is 1.65 bits per heavy atom. The van der Waals surface area contributed by atoms with E-state index in [1.807, 2.05) is 0 Å². The van der Waals surface area contributed by atoms with E-state index in [9.17, 15) is 13.6 Å². The fourth-order valence-electron chi connectivity index (χ4n) is 1.59. The predicted molar refractivity (Wildman–Crippen MR) is 80.6 cm³/mol. The van der Waals surface area contributed by atoms with Crippen LogP contribution in [0, 0.1) is 11.6 Å². The maximum atomic E-state index is 13.7. The number of hydrogen-bond acceptors (Lipinski definition) is 2. The molecule has 0 radical (unpaired) electrons. The molecular weight excluding hydrogens is 398 g/mol. The van der Waals surface area contributed by atoms with Gasteiger partial charge in [-0.1, -0.05) is 31.9 Å². The topological polar surface area (TPSA) is 55.1 Å². The normalized spacial score (nSPS) is 10.4. The number of hydrogen-bond donors (Lipinski definition) is 2. The number of carbonyl (C=O) groups is 1. The first-order valence-corrected chi connectivity index (χ1v) is 6.98. The monoisotopic (exact) mass is 404 g/mol. The van der Waals surface area contributed by atoms with Gasteiger partial charge in [-0.2, -0.15) is 0 Å². The number of nitrogens with one attached hydrogen (secondary N) is 1. The van der Waals surface area contributed by atoms with Gasteiger partial charge in [-0.25, -0.2) is 8.78 Å². The molecule has 0 saturated heterocycles. The van der Waals surface area contributed by atoms with Crippen molar-refractivity contribution in [3.8, 4) is 0 Å². The minimum atomic E-state index is -0.954. The molecule has 0 aromatic heterocycles. The average Bonchev–Trinajstić information content (AvgIpc) is 2.31. The number of amides is 1. The van der Waals surface area contributed by atoms with Gasteiger partial charge < -0.3 is 11.1 Å². The van der Waals surface area contributed by atoms with Crippen molar-refractivity contribution in [1.29, 1.82) is 0 Å². The van der Waals surface area contributed by atoms with Crippen molar-refractivity contribution in [2.45, 2.75) is 0 Å². The zero-order valence-electron chi connectivity index (χ0n) is 9.88. The highest BCUT2D eigenvalue weighted by Gasteiger charge is 2.19. The number of halogens is 4. The molecule has 20 heavy (non-hydrogen) atoms. The third kappa shape index (κ3) is 3.16. The lowest BCUT2D eigenvalue weighted by Gasteiger charge is -2.10. The van der Waals surface area contributed by atoms with E-state index in [2.05, 4.69) is 37.2 Å². The molecule has 0 saturated carbocycles. The van der Waals surface area contributed by atoms with Crippen LogP contribution in [0.3, 0.4) is 0 Å². The fourth-order valence-corrected chi connectivity index (χ4v) is 2.37. The third-order valence-corrected chi connectivity index (χ3v) is 3.45. The van der Waals surface area contributed by atoms with Crippen molar-refractivity contribution in [3.05, 3.63) is 56.5 Å². The second-order valence-corrected chi connectivity index (χ2v) is 5.76. The summed E-state index contributed by atoms with van der Waals surface area (Å²) in [6.45, 7) is 0. The van der Waals surface area contributed by atoms with Crippen molar-refractivity contribution in [2.75, 3.05) is 11.1 Å². The molecular formula is C13H8Br2F2N2O. The molecule has 2 aromatic carbocycles. The van der Waals surface area contributed by atoms with Crippen LogP contribution in [0.15, 0.2) is 39.3 Å². The SMILES string of the molecule is Nc1cc(Br)ccc1NC(=O)c1c(F)cc(Br)cc1F. The molecule has 0 spiro atoms. The Balaban J connectivity index is 2.33. The summed E-state index contributed by atoms with van der Waals surface area (Å²) in [5.74, 6) is -2.81. The van der Waals surface area contributed by atoms with E-state index in [4.69, 9.17) is 5.73 Å². The van der Waals surface area contributed by atoms with E-state index in [0.717, 1.165) is 16.6 Å². The molecule has 3 N–H and O–H groups in total. The summed E-state index contributed by atoms with van der Waals surface area (Å²) in [7, 11) is 0. The molecule has 0 fully saturated rings. The standard InChI is InChI=1S/C13H8Br2F2N2O/c14-6-1-2-11(10(18)5-6)19-13(20)12-8(16)3-7(15)4-9(12)17/h1-5H,18H2,(H,19,20). The Bertz CT molecular complexity index is 669. The molecule has 0 aliphatic rings. The van der Waals surface area contributed by atoms with Gasteiger partial charge in [0.1, 0.15) is 17.2 Å². The van der Waals surface area contributed by atoms with Crippen LogP contribution in [0.2, 0.25) is 0 Å². The van der Waals surface area contributed by atoms with Crippen LogP contribution in [0.4, 0.5) is 20.2 Å². The van der Waals surface area contributed by atoms with Gasteiger partial charge in [-0.15, -0.1) is 0 Å². The molecule has 3 nitrogen and oxygen atoms in total. The van der Waals surface area contributed by atoms with Crippen LogP contribution >= 0.6 is 31.9 Å². The van der Waals surface area contributed by atoms with Crippen LogP contribution in [-0.4, -0.2) is 5.91 Å². The number of nitrogens with two attached hydrogens (primary N) is 1. The molecule has 0 atom stereocenters. The van der Waals surface area contributed by atoms with Crippen molar-refractivity contribution >= 4 is 49.1 Å². The van der Waals surface area contributed by atoms with E-state index < -0.39 is 23.1 Å². The molecule has 0 aliphatic carbocycles. The summed E-state index contributed by atoms with van der Waals surface area (Å²) < 4.78 is 28.3. The molecule has 0 aliphatic heterocycles. The van der Waals surface area contributed by atoms with Gasteiger partial charge in [0.05, 0.1) is 11.4 Å². The summed E-state index contributed by atoms with van der Waals surface area (Å²) in [6, 6.07) is 6.79. The summed E-state index contributed by atoms with van der Waals surface area (Å²) in [5, 5.41) is 2.37. The zero-order valence-corrected chi connectivity index (χ0v) is 13.1. The maximum Gasteiger partial charge on any atom is 0.261 e. The van der Waals surface area contributed by atoms with Gasteiger partial charge in [-0.05, 0) is 30.3 Å². The third-order valence-electron chi connectivity index (χ3n) is 2.50. The number of anilines is 2. The van der Waals surface area contributed by atoms with Crippen molar-refractivity contribution < 1.29 is 13.6 Å². The fraction of sp³-hybridized carbons (Fsp3) is 0. The highest BCUT2D eigenvalue weighted by Crippen LogP contribution is 2.25. The van der Waals surface area contributed by atoms with Crippen molar-refractivity contribution in [1.82, 2.24) is 0 Å². The number of rotatable bonds is 2. The lowest BCUT2D eigenvalue weighted by Crippen LogP contribution is -2.16. The highest BCUT2D eigenvalue weighted by atomic mass is 79.9. The Morgan fingerprint density at radius 3 is 2.20 bits per heavy atom. The number of benzene rings is 2. The molecule has 0 heterocycles. The van der Waals surface area contributed by atoms with Crippen LogP contribution in [0.25, 0.3) is 0 Å². The van der Waals surface area contributed by atoms with Gasteiger partial charge in [0, 0.05) is 8.95 Å². The van der Waals surface area contributed by atoms with E-state index in [0.29, 0.717) is 0 Å². The molecule has 1 amide bonds.